The van der Waals surface area contributed by atoms with Gasteiger partial charge in [0, 0.05) is 30.1 Å². The summed E-state index contributed by atoms with van der Waals surface area (Å²) < 4.78 is 0. The molecule has 2 aliphatic rings. The molecule has 0 aromatic heterocycles. The minimum Gasteiger partial charge on any atom is -0.366 e. The normalized spacial score (nSPS) is 19.2. The van der Waals surface area contributed by atoms with Gasteiger partial charge in [0.25, 0.3) is 0 Å². The molecule has 0 unspecified atom stereocenters. The lowest BCUT2D eigenvalue weighted by Crippen LogP contribution is -2.13. The smallest absolute Gasteiger partial charge is 0.248 e. The van der Waals surface area contributed by atoms with Crippen molar-refractivity contribution in [3.05, 3.63) is 48.0 Å². The van der Waals surface area contributed by atoms with E-state index in [-0.39, 0.29) is 5.91 Å². The second-order valence-corrected chi connectivity index (χ2v) is 2.96. The number of amides is 1. The van der Waals surface area contributed by atoms with Gasteiger partial charge >= 0.3 is 0 Å². The van der Waals surface area contributed by atoms with Crippen LogP contribution in [-0.2, 0) is 4.79 Å². The maximum absolute atomic E-state index is 10.9. The van der Waals surface area contributed by atoms with E-state index in [9.17, 15) is 4.79 Å². The van der Waals surface area contributed by atoms with Crippen molar-refractivity contribution in [2.45, 2.75) is 6.42 Å². The maximum Gasteiger partial charge on any atom is 0.248 e. The van der Waals surface area contributed by atoms with Crippen molar-refractivity contribution in [3.8, 4) is 0 Å². The zero-order chi connectivity index (χ0) is 9.26. The van der Waals surface area contributed by atoms with Gasteiger partial charge in [0.2, 0.25) is 5.91 Å². The van der Waals surface area contributed by atoms with Gasteiger partial charge in [0.1, 0.15) is 0 Å². The molecule has 0 aromatic rings. The highest BCUT2D eigenvalue weighted by Crippen LogP contribution is 2.22. The highest BCUT2D eigenvalue weighted by Gasteiger charge is 2.12. The third-order valence-corrected chi connectivity index (χ3v) is 2.05. The van der Waals surface area contributed by atoms with Crippen LogP contribution in [0.3, 0.4) is 0 Å². The molecule has 0 saturated heterocycles. The number of carbonyl (C=O) groups excluding carboxylic acids is 1. The summed E-state index contributed by atoms with van der Waals surface area (Å²) in [5.74, 6) is -0.383. The molecule has 2 rings (SSSR count). The number of nitrogens with two attached hydrogens (primary N) is 1. The zero-order valence-electron chi connectivity index (χ0n) is 7.10. The molecule has 3 heteroatoms. The fourth-order valence-corrected chi connectivity index (χ4v) is 1.39. The van der Waals surface area contributed by atoms with Crippen molar-refractivity contribution in [2.75, 3.05) is 0 Å². The molecule has 1 amide bonds. The molecule has 0 spiro atoms. The summed E-state index contributed by atoms with van der Waals surface area (Å²) in [7, 11) is 0. The Balaban J connectivity index is 2.35. The van der Waals surface area contributed by atoms with E-state index in [1.54, 1.807) is 6.08 Å². The van der Waals surface area contributed by atoms with Gasteiger partial charge in [-0.15, -0.1) is 0 Å². The number of primary amides is 1. The topological polar surface area (TPSA) is 46.3 Å². The van der Waals surface area contributed by atoms with Crippen LogP contribution in [0.15, 0.2) is 48.0 Å². The van der Waals surface area contributed by atoms with Gasteiger partial charge in [-0.1, -0.05) is 6.08 Å². The van der Waals surface area contributed by atoms with Gasteiger partial charge in [-0.25, -0.2) is 0 Å². The fraction of sp³-hybridized carbons (Fsp3) is 0.100. The molecule has 2 aliphatic heterocycles. The summed E-state index contributed by atoms with van der Waals surface area (Å²) >= 11 is 0. The van der Waals surface area contributed by atoms with Gasteiger partial charge in [-0.05, 0) is 18.2 Å². The minimum absolute atomic E-state index is 0.383. The van der Waals surface area contributed by atoms with Gasteiger partial charge in [0.15, 0.2) is 0 Å². The summed E-state index contributed by atoms with van der Waals surface area (Å²) in [6, 6.07) is 0. The first-order valence-corrected chi connectivity index (χ1v) is 4.11. The van der Waals surface area contributed by atoms with Gasteiger partial charge in [0.05, 0.1) is 0 Å². The van der Waals surface area contributed by atoms with Crippen LogP contribution in [0.2, 0.25) is 0 Å². The first-order chi connectivity index (χ1) is 6.27. The van der Waals surface area contributed by atoms with Crippen LogP contribution in [0.1, 0.15) is 6.42 Å². The molecule has 0 bridgehead atoms. The SMILES string of the molecule is NC(=O)C1=CC=CN2C=CCC2=C1. The monoisotopic (exact) mass is 174 g/mol. The summed E-state index contributed by atoms with van der Waals surface area (Å²) in [6.45, 7) is 0. The average Bonchev–Trinajstić information content (AvgIpc) is 2.42. The Bertz CT molecular complexity index is 361. The van der Waals surface area contributed by atoms with Gasteiger partial charge < -0.3 is 10.6 Å². The highest BCUT2D eigenvalue weighted by molar-refractivity contribution is 5.95. The number of nitrogens with zero attached hydrogens (tertiary/aromatic N) is 1. The van der Waals surface area contributed by atoms with Crippen molar-refractivity contribution in [3.63, 3.8) is 0 Å². The van der Waals surface area contributed by atoms with E-state index in [4.69, 9.17) is 5.73 Å². The lowest BCUT2D eigenvalue weighted by Gasteiger charge is -2.10. The molecule has 2 heterocycles. The molecular weight excluding hydrogens is 164 g/mol. The van der Waals surface area contributed by atoms with E-state index in [1.807, 2.05) is 35.5 Å². The molecule has 0 aliphatic carbocycles. The van der Waals surface area contributed by atoms with Gasteiger partial charge in [-0.2, -0.15) is 0 Å². The second-order valence-electron chi connectivity index (χ2n) is 2.96. The Kier molecular flexibility index (Phi) is 1.77. The predicted molar refractivity (Wildman–Crippen MR) is 50.1 cm³/mol. The van der Waals surface area contributed by atoms with E-state index in [0.29, 0.717) is 5.57 Å². The van der Waals surface area contributed by atoms with E-state index >= 15 is 0 Å². The average molecular weight is 174 g/mol. The second kappa shape index (κ2) is 2.94. The van der Waals surface area contributed by atoms with Crippen molar-refractivity contribution in [1.29, 1.82) is 0 Å². The molecule has 66 valence electrons. The molecule has 2 N–H and O–H groups in total. The zero-order valence-corrected chi connectivity index (χ0v) is 7.10. The number of hydrogen-bond acceptors (Lipinski definition) is 2. The number of allylic oxidation sites excluding steroid dienone is 3. The molecule has 0 saturated carbocycles. The largest absolute Gasteiger partial charge is 0.366 e. The Labute approximate surface area is 76.5 Å². The van der Waals surface area contributed by atoms with Crippen LogP contribution >= 0.6 is 0 Å². The molecule has 0 fully saturated rings. The van der Waals surface area contributed by atoms with Crippen LogP contribution in [0.25, 0.3) is 0 Å². The highest BCUT2D eigenvalue weighted by atomic mass is 16.1. The molecule has 13 heavy (non-hydrogen) atoms. The maximum atomic E-state index is 10.9. The van der Waals surface area contributed by atoms with E-state index in [0.717, 1.165) is 12.1 Å². The molecule has 0 radical (unpaired) electrons. The molecule has 3 nitrogen and oxygen atoms in total. The first kappa shape index (κ1) is 7.86. The minimum atomic E-state index is -0.383. The first-order valence-electron chi connectivity index (χ1n) is 4.11. The summed E-state index contributed by atoms with van der Waals surface area (Å²) in [5.41, 5.74) is 6.83. The van der Waals surface area contributed by atoms with E-state index in [2.05, 4.69) is 0 Å². The third kappa shape index (κ3) is 1.40. The van der Waals surface area contributed by atoms with Crippen molar-refractivity contribution >= 4 is 5.91 Å². The molecule has 0 atom stereocenters. The van der Waals surface area contributed by atoms with Crippen LogP contribution < -0.4 is 5.73 Å². The van der Waals surface area contributed by atoms with E-state index in [1.165, 1.54) is 0 Å². The van der Waals surface area contributed by atoms with Crippen LogP contribution in [0, 0.1) is 0 Å². The quantitative estimate of drug-likeness (QED) is 0.645. The van der Waals surface area contributed by atoms with Crippen LogP contribution in [-0.4, -0.2) is 10.8 Å². The Morgan fingerprint density at radius 1 is 1.46 bits per heavy atom. The van der Waals surface area contributed by atoms with Crippen molar-refractivity contribution in [1.82, 2.24) is 4.90 Å². The Morgan fingerprint density at radius 2 is 2.31 bits per heavy atom. The van der Waals surface area contributed by atoms with Crippen molar-refractivity contribution < 1.29 is 4.79 Å². The molecular formula is C10H10N2O. The lowest BCUT2D eigenvalue weighted by molar-refractivity contribution is -0.114. The van der Waals surface area contributed by atoms with Crippen LogP contribution in [0.5, 0.6) is 0 Å². The Hall–Kier alpha value is -1.77. The summed E-state index contributed by atoms with van der Waals surface area (Å²) in [5, 5.41) is 0. The number of hydrogen-bond donors (Lipinski definition) is 1. The summed E-state index contributed by atoms with van der Waals surface area (Å²) in [4.78, 5) is 12.9. The van der Waals surface area contributed by atoms with Crippen LogP contribution in [0.4, 0.5) is 0 Å². The number of rotatable bonds is 1. The molecule has 0 aromatic carbocycles. The van der Waals surface area contributed by atoms with Crippen molar-refractivity contribution in [2.24, 2.45) is 5.73 Å². The Morgan fingerprint density at radius 3 is 3.08 bits per heavy atom. The van der Waals surface area contributed by atoms with Gasteiger partial charge in [-0.3, -0.25) is 4.79 Å². The standard InChI is InChI=1S/C10H10N2O/c11-10(13)8-3-1-5-12-6-2-4-9(12)7-8/h1-3,5-7H,4H2,(H2,11,13). The number of carbonyl (C=O) groups is 1. The third-order valence-electron chi connectivity index (χ3n) is 2.05. The number of fused-ring (bicyclic) bond motifs is 1. The fourth-order valence-electron chi connectivity index (χ4n) is 1.39. The predicted octanol–water partition coefficient (Wildman–Crippen LogP) is 1.03. The summed E-state index contributed by atoms with van der Waals surface area (Å²) in [6.07, 6.45) is 12.1. The van der Waals surface area contributed by atoms with E-state index < -0.39 is 0 Å². The lowest BCUT2D eigenvalue weighted by atomic mass is 10.2.